The number of hydrogen-bond acceptors (Lipinski definition) is 5. The summed E-state index contributed by atoms with van der Waals surface area (Å²) in [5.41, 5.74) is -1.80. The molecule has 0 amide bonds. The lowest BCUT2D eigenvalue weighted by Gasteiger charge is -2.19. The molecule has 2 N–H and O–H groups in total. The summed E-state index contributed by atoms with van der Waals surface area (Å²) in [6.07, 6.45) is -8.14. The number of furan rings is 1. The molecule has 0 spiro atoms. The quantitative estimate of drug-likeness (QED) is 0.138. The first kappa shape index (κ1) is 31.2. The third-order valence-corrected chi connectivity index (χ3v) is 8.86. The fraction of sp³-hybridized carbons (Fsp3) is 0.310. The second-order valence-corrected chi connectivity index (χ2v) is 12.1. The summed E-state index contributed by atoms with van der Waals surface area (Å²) in [5.74, 6) is -1.54. The van der Waals surface area contributed by atoms with E-state index in [2.05, 4.69) is 11.6 Å². The van der Waals surface area contributed by atoms with Crippen molar-refractivity contribution >= 4 is 32.6 Å². The molecule has 234 valence electrons. The molecule has 15 heteroatoms. The maximum atomic E-state index is 14.6. The van der Waals surface area contributed by atoms with E-state index >= 15 is 0 Å². The first-order valence-corrected chi connectivity index (χ1v) is 14.9. The second kappa shape index (κ2) is 11.0. The highest BCUT2D eigenvalue weighted by Crippen LogP contribution is 2.46. The Hall–Kier alpha value is -4.27. The third kappa shape index (κ3) is 5.79. The number of hydrogen-bond donors (Lipinski definition) is 2. The Morgan fingerprint density at radius 2 is 1.86 bits per heavy atom. The number of halogens is 6. The number of alkyl halides is 6. The molecule has 0 saturated heterocycles. The van der Waals surface area contributed by atoms with Gasteiger partial charge in [-0.05, 0) is 42.7 Å². The molecular weight excluding hydrogens is 616 g/mol. The van der Waals surface area contributed by atoms with Crippen LogP contribution in [0, 0.1) is 0 Å². The number of rotatable bonds is 10. The largest absolute Gasteiger partial charge is 0.477 e. The molecular formula is C29H25F6N3O5S. The molecule has 1 unspecified atom stereocenters. The van der Waals surface area contributed by atoms with E-state index in [-0.39, 0.29) is 29.8 Å². The molecule has 0 radical (unpaired) electrons. The lowest BCUT2D eigenvalue weighted by atomic mass is 10.0. The molecule has 1 saturated carbocycles. The van der Waals surface area contributed by atoms with Crippen molar-refractivity contribution in [3.63, 3.8) is 0 Å². The van der Waals surface area contributed by atoms with Crippen LogP contribution in [0.4, 0.5) is 32.0 Å². The van der Waals surface area contributed by atoms with E-state index < -0.39 is 61.6 Å². The lowest BCUT2D eigenvalue weighted by Crippen LogP contribution is -2.38. The van der Waals surface area contributed by atoms with Crippen LogP contribution in [0.3, 0.4) is 0 Å². The highest BCUT2D eigenvalue weighted by atomic mass is 32.2. The van der Waals surface area contributed by atoms with E-state index in [1.165, 1.54) is 34.9 Å². The van der Waals surface area contributed by atoms with Crippen molar-refractivity contribution < 1.29 is 49.1 Å². The van der Waals surface area contributed by atoms with Gasteiger partial charge in [0.2, 0.25) is 10.0 Å². The zero-order valence-electron chi connectivity index (χ0n) is 23.0. The van der Waals surface area contributed by atoms with Gasteiger partial charge < -0.3 is 14.1 Å². The Balaban J connectivity index is 1.62. The number of para-hydroxylation sites is 1. The Morgan fingerprint density at radius 1 is 1.18 bits per heavy atom. The Labute approximate surface area is 247 Å². The molecule has 5 rings (SSSR count). The van der Waals surface area contributed by atoms with Crippen molar-refractivity contribution in [3.8, 4) is 11.3 Å². The van der Waals surface area contributed by atoms with Crippen LogP contribution in [0.25, 0.3) is 22.3 Å². The summed E-state index contributed by atoms with van der Waals surface area (Å²) in [4.78, 5) is 16.7. The van der Waals surface area contributed by atoms with Gasteiger partial charge in [0.25, 0.3) is 0 Å². The molecule has 1 aliphatic rings. The van der Waals surface area contributed by atoms with Gasteiger partial charge in [0.05, 0.1) is 11.4 Å². The van der Waals surface area contributed by atoms with Crippen molar-refractivity contribution in [2.75, 3.05) is 4.72 Å². The number of aryl methyl sites for hydroxylation is 1. The van der Waals surface area contributed by atoms with E-state index in [1.807, 2.05) is 0 Å². The smallest absolute Gasteiger partial charge is 0.420 e. The number of nitrogens with one attached hydrogen (secondary N) is 1. The van der Waals surface area contributed by atoms with Crippen LogP contribution in [0.15, 0.2) is 59.5 Å². The number of imidazole rings is 1. The summed E-state index contributed by atoms with van der Waals surface area (Å²) in [7, 11) is -5.22. The highest BCUT2D eigenvalue weighted by molar-refractivity contribution is 7.93. The van der Waals surface area contributed by atoms with Gasteiger partial charge in [-0.15, -0.1) is 6.58 Å². The van der Waals surface area contributed by atoms with Crippen molar-refractivity contribution in [2.24, 2.45) is 0 Å². The predicted molar refractivity (Wildman–Crippen MR) is 149 cm³/mol. The van der Waals surface area contributed by atoms with E-state index in [0.29, 0.717) is 23.5 Å². The average Bonchev–Trinajstić information content (AvgIpc) is 3.58. The average molecular weight is 642 g/mol. The zero-order valence-corrected chi connectivity index (χ0v) is 23.8. The first-order valence-electron chi connectivity index (χ1n) is 13.3. The lowest BCUT2D eigenvalue weighted by molar-refractivity contribution is -0.136. The van der Waals surface area contributed by atoms with E-state index in [0.717, 1.165) is 25.0 Å². The molecule has 2 aromatic carbocycles. The van der Waals surface area contributed by atoms with Gasteiger partial charge in [-0.25, -0.2) is 18.2 Å². The summed E-state index contributed by atoms with van der Waals surface area (Å²) in [6, 6.07) is 8.52. The van der Waals surface area contributed by atoms with Gasteiger partial charge in [0.1, 0.15) is 22.7 Å². The zero-order chi connectivity index (χ0) is 32.2. The monoisotopic (exact) mass is 641 g/mol. The molecule has 8 nitrogen and oxygen atoms in total. The van der Waals surface area contributed by atoms with Crippen LogP contribution in [0.2, 0.25) is 0 Å². The number of carbonyl (C=O) groups is 1. The number of aromatic nitrogens is 2. The predicted octanol–water partition coefficient (Wildman–Crippen LogP) is 7.36. The molecule has 0 aliphatic heterocycles. The number of sulfonamides is 1. The minimum atomic E-state index is -5.23. The Kier molecular flexibility index (Phi) is 7.81. The first-order chi connectivity index (χ1) is 20.6. The Morgan fingerprint density at radius 3 is 2.43 bits per heavy atom. The van der Waals surface area contributed by atoms with Gasteiger partial charge in [-0.2, -0.15) is 26.3 Å². The van der Waals surface area contributed by atoms with Gasteiger partial charge in [0, 0.05) is 29.8 Å². The molecule has 0 bridgehead atoms. The van der Waals surface area contributed by atoms with E-state index in [9.17, 15) is 44.7 Å². The molecule has 1 atom stereocenters. The Bertz CT molecular complexity index is 1870. The van der Waals surface area contributed by atoms with Crippen molar-refractivity contribution in [2.45, 2.75) is 56.3 Å². The van der Waals surface area contributed by atoms with Gasteiger partial charge >= 0.3 is 18.3 Å². The maximum absolute atomic E-state index is 14.6. The number of carboxylic acid groups (broad SMARTS) is 1. The molecule has 1 aliphatic carbocycles. The van der Waals surface area contributed by atoms with Crippen LogP contribution in [0.5, 0.6) is 0 Å². The van der Waals surface area contributed by atoms with E-state index in [4.69, 9.17) is 4.42 Å². The van der Waals surface area contributed by atoms with Gasteiger partial charge in [-0.1, -0.05) is 31.2 Å². The summed E-state index contributed by atoms with van der Waals surface area (Å²) >= 11 is 0. The fourth-order valence-corrected chi connectivity index (χ4v) is 6.36. The molecule has 2 aromatic heterocycles. The van der Waals surface area contributed by atoms with Crippen LogP contribution < -0.4 is 4.72 Å². The number of anilines is 1. The number of aromatic carboxylic acids is 1. The molecule has 44 heavy (non-hydrogen) atoms. The maximum Gasteiger partial charge on any atom is 0.420 e. The van der Waals surface area contributed by atoms with Gasteiger partial charge in [0.15, 0.2) is 10.9 Å². The van der Waals surface area contributed by atoms with Crippen molar-refractivity contribution in [1.82, 2.24) is 9.55 Å². The van der Waals surface area contributed by atoms with Gasteiger partial charge in [-0.3, -0.25) is 4.72 Å². The van der Waals surface area contributed by atoms with Crippen molar-refractivity contribution in [3.05, 3.63) is 83.5 Å². The van der Waals surface area contributed by atoms with E-state index in [1.54, 1.807) is 11.6 Å². The van der Waals surface area contributed by atoms with Crippen molar-refractivity contribution in [1.29, 1.82) is 0 Å². The molecule has 2 heterocycles. The third-order valence-electron chi connectivity index (χ3n) is 7.23. The van der Waals surface area contributed by atoms with Crippen LogP contribution in [-0.4, -0.2) is 40.5 Å². The summed E-state index contributed by atoms with van der Waals surface area (Å²) in [6.45, 7) is 4.61. The number of benzene rings is 2. The van der Waals surface area contributed by atoms with Crippen LogP contribution in [0.1, 0.15) is 58.8 Å². The molecule has 1 fully saturated rings. The standard InChI is InChI=1S/C29H25F6N3O5S/c1-3-21(28(30,31)32)44(41,42)37-19-8-6-5-7-17(19)26-23(29(33,34)35)18-13-15(9-12-20(18)43-26)14-38-22(4-2)36-24(16-10-11-16)25(38)27(39)40/h3,5-9,12-13,16,21,37H,1,4,10-11,14H2,2H3,(H,39,40). The fourth-order valence-electron chi connectivity index (χ4n) is 5.15. The summed E-state index contributed by atoms with van der Waals surface area (Å²) in [5, 5.41) is 6.49. The minimum absolute atomic E-state index is 0.0128. The van der Waals surface area contributed by atoms with Crippen LogP contribution >= 0.6 is 0 Å². The number of nitrogens with zero attached hydrogens (tertiary/aromatic N) is 2. The topological polar surface area (TPSA) is 114 Å². The van der Waals surface area contributed by atoms with Crippen LogP contribution in [-0.2, 0) is 29.2 Å². The number of fused-ring (bicyclic) bond motifs is 1. The SMILES string of the molecule is C=CC(C(F)(F)F)S(=O)(=O)Nc1ccccc1-c1oc2ccc(Cn3c(CC)nc(C4CC4)c3C(=O)O)cc2c1C(F)(F)F. The normalized spacial score (nSPS) is 15.0. The second-order valence-electron chi connectivity index (χ2n) is 10.3. The highest BCUT2D eigenvalue weighted by Gasteiger charge is 2.47. The summed E-state index contributed by atoms with van der Waals surface area (Å²) < 4.78 is 118. The minimum Gasteiger partial charge on any atom is -0.477 e. The molecule has 4 aromatic rings. The number of carboxylic acids is 1.